The van der Waals surface area contributed by atoms with Crippen molar-refractivity contribution in [1.82, 2.24) is 0 Å². The number of Topliss-reactive ketones (excluding diaryl/α,β-unsaturated/α-hetero) is 1. The lowest BCUT2D eigenvalue weighted by molar-refractivity contribution is -0.113. The van der Waals surface area contributed by atoms with Gasteiger partial charge in [-0.25, -0.2) is 8.78 Å². The van der Waals surface area contributed by atoms with Gasteiger partial charge in [0, 0.05) is 12.5 Å². The molecule has 0 aromatic heterocycles. The summed E-state index contributed by atoms with van der Waals surface area (Å²) in [6, 6.07) is 0. The van der Waals surface area contributed by atoms with E-state index in [2.05, 4.69) is 0 Å². The normalized spacial score (nSPS) is 14.8. The molecule has 0 saturated heterocycles. The van der Waals surface area contributed by atoms with Gasteiger partial charge in [0.25, 0.3) is 5.92 Å². The minimum Gasteiger partial charge on any atom is -0.295 e. The highest BCUT2D eigenvalue weighted by atomic mass is 19.3. The molecule has 1 nitrogen and oxygen atoms in total. The van der Waals surface area contributed by atoms with Crippen LogP contribution in [0, 0.1) is 0 Å². The molecule has 0 fully saturated rings. The van der Waals surface area contributed by atoms with Crippen molar-refractivity contribution in [3.05, 3.63) is 35.5 Å². The fourth-order valence-electron chi connectivity index (χ4n) is 0.831. The van der Waals surface area contributed by atoms with Crippen LogP contribution >= 0.6 is 0 Å². The van der Waals surface area contributed by atoms with Gasteiger partial charge in [0.05, 0.1) is 0 Å². The Bertz CT molecular complexity index is 317. The van der Waals surface area contributed by atoms with Crippen LogP contribution in [0.4, 0.5) is 8.78 Å². The van der Waals surface area contributed by atoms with Gasteiger partial charge < -0.3 is 0 Å². The molecule has 0 aromatic carbocycles. The molecule has 0 spiro atoms. The first kappa shape index (κ1) is 13.8. The minimum absolute atomic E-state index is 0.0641. The van der Waals surface area contributed by atoms with Crippen LogP contribution in [0.5, 0.6) is 0 Å². The van der Waals surface area contributed by atoms with E-state index in [0.29, 0.717) is 5.57 Å². The Morgan fingerprint density at radius 2 is 1.73 bits per heavy atom. The van der Waals surface area contributed by atoms with E-state index < -0.39 is 5.92 Å². The van der Waals surface area contributed by atoms with Crippen molar-refractivity contribution in [3.8, 4) is 0 Å². The monoisotopic (exact) mass is 214 g/mol. The van der Waals surface area contributed by atoms with Gasteiger partial charge in [-0.1, -0.05) is 24.3 Å². The third-order valence-corrected chi connectivity index (χ3v) is 1.96. The smallest absolute Gasteiger partial charge is 0.266 e. The molecule has 0 heterocycles. The summed E-state index contributed by atoms with van der Waals surface area (Å²) in [6.45, 7) is 5.33. The molecule has 15 heavy (non-hydrogen) atoms. The number of hydrogen-bond donors (Lipinski definition) is 0. The lowest BCUT2D eigenvalue weighted by atomic mass is 10.1. The van der Waals surface area contributed by atoms with Crippen LogP contribution in [-0.2, 0) is 4.79 Å². The predicted octanol–water partition coefficient (Wildman–Crippen LogP) is 3.68. The van der Waals surface area contributed by atoms with Gasteiger partial charge in [-0.05, 0) is 26.3 Å². The van der Waals surface area contributed by atoms with Crippen molar-refractivity contribution in [2.24, 2.45) is 0 Å². The Hall–Kier alpha value is -1.25. The lowest BCUT2D eigenvalue weighted by Gasteiger charge is -2.09. The molecular formula is C12H16F2O. The summed E-state index contributed by atoms with van der Waals surface area (Å²) in [6.07, 6.45) is 5.98. The van der Waals surface area contributed by atoms with Crippen LogP contribution in [0.25, 0.3) is 0 Å². The first-order chi connectivity index (χ1) is 6.79. The molecule has 0 radical (unpaired) electrons. The molecule has 84 valence electrons. The van der Waals surface area contributed by atoms with Crippen LogP contribution in [-0.4, -0.2) is 11.7 Å². The fraction of sp³-hybridized carbons (Fsp3) is 0.417. The van der Waals surface area contributed by atoms with E-state index in [0.717, 1.165) is 6.92 Å². The van der Waals surface area contributed by atoms with E-state index in [1.807, 2.05) is 0 Å². The number of carbonyl (C=O) groups is 1. The molecule has 0 rings (SSSR count). The van der Waals surface area contributed by atoms with E-state index in [1.165, 1.54) is 26.0 Å². The largest absolute Gasteiger partial charge is 0.295 e. The second-order valence-electron chi connectivity index (χ2n) is 3.42. The minimum atomic E-state index is -2.84. The Morgan fingerprint density at radius 1 is 1.20 bits per heavy atom. The van der Waals surface area contributed by atoms with Crippen LogP contribution < -0.4 is 0 Å². The number of rotatable bonds is 4. The first-order valence-corrected chi connectivity index (χ1v) is 4.69. The van der Waals surface area contributed by atoms with Gasteiger partial charge in [-0.3, -0.25) is 4.79 Å². The summed E-state index contributed by atoms with van der Waals surface area (Å²) in [5.41, 5.74) is 0.354. The molecule has 0 atom stereocenters. The van der Waals surface area contributed by atoms with Crippen LogP contribution in [0.15, 0.2) is 35.5 Å². The first-order valence-electron chi connectivity index (χ1n) is 4.69. The fourth-order valence-corrected chi connectivity index (χ4v) is 0.831. The highest BCUT2D eigenvalue weighted by Gasteiger charge is 2.22. The maximum Gasteiger partial charge on any atom is 0.266 e. The van der Waals surface area contributed by atoms with Crippen molar-refractivity contribution in [2.75, 3.05) is 0 Å². The van der Waals surface area contributed by atoms with Crippen molar-refractivity contribution in [1.29, 1.82) is 0 Å². The van der Waals surface area contributed by atoms with Gasteiger partial charge in [-0.15, -0.1) is 0 Å². The zero-order chi connectivity index (χ0) is 12.1. The molecule has 0 aliphatic heterocycles. The molecule has 0 amide bonds. The summed E-state index contributed by atoms with van der Waals surface area (Å²) >= 11 is 0. The van der Waals surface area contributed by atoms with Gasteiger partial charge in [-0.2, -0.15) is 0 Å². The Morgan fingerprint density at radius 3 is 2.07 bits per heavy atom. The quantitative estimate of drug-likeness (QED) is 0.515. The standard InChI is InChI=1S/C12H16F2O/c1-5-6-11(10(3)15)8-7-9(2)12(4,13)14/h5-8H,1-4H3/b6-5-,9-7+,11-8+. The molecule has 0 N–H and O–H groups in total. The lowest BCUT2D eigenvalue weighted by Crippen LogP contribution is -2.10. The maximum atomic E-state index is 12.8. The highest BCUT2D eigenvalue weighted by Crippen LogP contribution is 2.22. The molecule has 0 unspecified atom stereocenters. The highest BCUT2D eigenvalue weighted by molar-refractivity contribution is 5.96. The Balaban J connectivity index is 4.96. The summed E-state index contributed by atoms with van der Waals surface area (Å²) in [7, 11) is 0. The van der Waals surface area contributed by atoms with Gasteiger partial charge in [0.15, 0.2) is 5.78 Å². The van der Waals surface area contributed by atoms with Crippen LogP contribution in [0.1, 0.15) is 27.7 Å². The topological polar surface area (TPSA) is 17.1 Å². The zero-order valence-corrected chi connectivity index (χ0v) is 9.47. The molecule has 0 bridgehead atoms. The van der Waals surface area contributed by atoms with Crippen LogP contribution in [0.2, 0.25) is 0 Å². The summed E-state index contributed by atoms with van der Waals surface area (Å²) in [4.78, 5) is 11.1. The summed E-state index contributed by atoms with van der Waals surface area (Å²) in [5.74, 6) is -2.98. The molecule has 0 saturated carbocycles. The summed E-state index contributed by atoms with van der Waals surface area (Å²) in [5, 5.41) is 0. The molecule has 0 aromatic rings. The van der Waals surface area contributed by atoms with Gasteiger partial charge in [0.2, 0.25) is 0 Å². The molecule has 3 heteroatoms. The van der Waals surface area contributed by atoms with Crippen molar-refractivity contribution < 1.29 is 13.6 Å². The van der Waals surface area contributed by atoms with E-state index >= 15 is 0 Å². The average molecular weight is 214 g/mol. The Labute approximate surface area is 89.2 Å². The van der Waals surface area contributed by atoms with Gasteiger partial charge >= 0.3 is 0 Å². The van der Waals surface area contributed by atoms with E-state index in [1.54, 1.807) is 19.1 Å². The second-order valence-corrected chi connectivity index (χ2v) is 3.42. The number of ketones is 1. The SMILES string of the molecule is C\C=C/C(=C\C=C(/C)C(C)(F)F)C(C)=O. The third-order valence-electron chi connectivity index (χ3n) is 1.96. The summed E-state index contributed by atoms with van der Waals surface area (Å²) < 4.78 is 25.5. The van der Waals surface area contributed by atoms with Crippen molar-refractivity contribution in [3.63, 3.8) is 0 Å². The van der Waals surface area contributed by atoms with Crippen molar-refractivity contribution in [2.45, 2.75) is 33.6 Å². The molecule has 0 aliphatic carbocycles. The number of alkyl halides is 2. The van der Waals surface area contributed by atoms with E-state index in [4.69, 9.17) is 0 Å². The molecule has 0 aliphatic rings. The van der Waals surface area contributed by atoms with Crippen LogP contribution in [0.3, 0.4) is 0 Å². The molecular weight excluding hydrogens is 198 g/mol. The van der Waals surface area contributed by atoms with Gasteiger partial charge in [0.1, 0.15) is 0 Å². The third kappa shape index (κ3) is 5.25. The number of halogens is 2. The van der Waals surface area contributed by atoms with E-state index in [9.17, 15) is 13.6 Å². The second kappa shape index (κ2) is 5.59. The number of hydrogen-bond acceptors (Lipinski definition) is 1. The maximum absolute atomic E-state index is 12.8. The van der Waals surface area contributed by atoms with E-state index in [-0.39, 0.29) is 11.4 Å². The number of allylic oxidation sites excluding steroid dienone is 6. The predicted molar refractivity (Wildman–Crippen MR) is 58.0 cm³/mol. The van der Waals surface area contributed by atoms with Crippen molar-refractivity contribution >= 4 is 5.78 Å². The number of carbonyl (C=O) groups excluding carboxylic acids is 1. The zero-order valence-electron chi connectivity index (χ0n) is 9.47. The average Bonchev–Trinajstić information content (AvgIpc) is 2.09. The Kier molecular flexibility index (Phi) is 5.12.